The summed E-state index contributed by atoms with van der Waals surface area (Å²) in [4.78, 5) is 9.77. The summed E-state index contributed by atoms with van der Waals surface area (Å²) in [5, 5.41) is 12.2. The molecular weight excluding hydrogens is 788 g/mol. The number of fused-ring (bicyclic) bond motifs is 8. The van der Waals surface area contributed by atoms with E-state index in [0.29, 0.717) is 22.7 Å². The van der Waals surface area contributed by atoms with Crippen LogP contribution in [0.2, 0.25) is 0 Å². The van der Waals surface area contributed by atoms with Gasteiger partial charge in [0.2, 0.25) is 5.78 Å². The Bertz CT molecular complexity index is 2770. The van der Waals surface area contributed by atoms with Crippen molar-refractivity contribution in [1.82, 2.24) is 23.5 Å². The fraction of sp³-hybridized carbons (Fsp3) is 0.0976. The number of rotatable bonds is 4. The van der Waals surface area contributed by atoms with Gasteiger partial charge in [-0.2, -0.15) is 11.3 Å². The topological polar surface area (TPSA) is 73.1 Å². The minimum absolute atomic E-state index is 0. The van der Waals surface area contributed by atoms with Gasteiger partial charge in [-0.3, -0.25) is 4.40 Å². The summed E-state index contributed by atoms with van der Waals surface area (Å²) >= 11 is 0. The molecule has 49 heavy (non-hydrogen) atoms. The van der Waals surface area contributed by atoms with E-state index in [4.69, 9.17) is 14.7 Å². The van der Waals surface area contributed by atoms with E-state index < -0.39 is 0 Å². The molecule has 0 radical (unpaired) electrons. The molecule has 0 saturated heterocycles. The maximum absolute atomic E-state index is 10.1. The summed E-state index contributed by atoms with van der Waals surface area (Å²) in [6.45, 7) is 6.60. The number of nitrogens with zero attached hydrogens (tertiary/aromatic N) is 6. The molecule has 4 heterocycles. The van der Waals surface area contributed by atoms with E-state index in [0.717, 1.165) is 55.5 Å². The fourth-order valence-corrected chi connectivity index (χ4v) is 6.65. The zero-order valence-electron chi connectivity index (χ0n) is 26.9. The Hall–Kier alpha value is -5.70. The number of imidazole rings is 2. The molecule has 0 unspecified atom stereocenters. The molecule has 0 spiro atoms. The number of para-hydroxylation sites is 5. The van der Waals surface area contributed by atoms with Crippen molar-refractivity contribution in [3.05, 3.63) is 139 Å². The van der Waals surface area contributed by atoms with E-state index in [1.165, 1.54) is 5.56 Å². The summed E-state index contributed by atoms with van der Waals surface area (Å²) in [7, 11) is 0. The van der Waals surface area contributed by atoms with Crippen LogP contribution in [-0.2, 0) is 26.5 Å². The Labute approximate surface area is 296 Å². The van der Waals surface area contributed by atoms with E-state index in [1.54, 1.807) is 6.07 Å². The molecule has 0 atom stereocenters. The maximum atomic E-state index is 10.1. The first-order valence-corrected chi connectivity index (χ1v) is 15.8. The van der Waals surface area contributed by atoms with Crippen molar-refractivity contribution in [3.63, 3.8) is 0 Å². The van der Waals surface area contributed by atoms with E-state index in [-0.39, 0.29) is 26.5 Å². The van der Waals surface area contributed by atoms with Crippen molar-refractivity contribution in [3.8, 4) is 29.1 Å². The number of nitriles is 1. The molecule has 9 rings (SSSR count). The van der Waals surface area contributed by atoms with Gasteiger partial charge in [-0.05, 0) is 58.8 Å². The second kappa shape index (κ2) is 11.5. The predicted molar refractivity (Wildman–Crippen MR) is 189 cm³/mol. The van der Waals surface area contributed by atoms with Gasteiger partial charge in [0.15, 0.2) is 0 Å². The second-order valence-corrected chi connectivity index (χ2v) is 13.0. The number of pyridine rings is 1. The van der Waals surface area contributed by atoms with E-state index in [1.807, 2.05) is 65.4 Å². The smallest absolute Gasteiger partial charge is 0.509 e. The fourth-order valence-electron chi connectivity index (χ4n) is 6.65. The number of hydrogen-bond donors (Lipinski definition) is 0. The first-order chi connectivity index (χ1) is 23.4. The Kier molecular flexibility index (Phi) is 7.17. The SMILES string of the molecule is CC(C)(C)c1ccnc(-n2c3[c-]c(Oc4[c-]c(-n5c6ccccc6n6c7ccccc7nc56)cc(C#N)c4)ccc3c3ccccc32)c1.[Pt+2]. The van der Waals surface area contributed by atoms with Gasteiger partial charge in [0.25, 0.3) is 0 Å². The van der Waals surface area contributed by atoms with Crippen molar-refractivity contribution in [2.75, 3.05) is 0 Å². The van der Waals surface area contributed by atoms with E-state index in [2.05, 4.69) is 96.5 Å². The van der Waals surface area contributed by atoms with Gasteiger partial charge >= 0.3 is 21.1 Å². The van der Waals surface area contributed by atoms with Crippen LogP contribution in [0.5, 0.6) is 11.5 Å². The van der Waals surface area contributed by atoms with Gasteiger partial charge in [-0.1, -0.05) is 80.0 Å². The molecule has 0 amide bonds. The molecule has 0 fully saturated rings. The molecule has 9 aromatic rings. The maximum Gasteiger partial charge on any atom is 2.00 e. The van der Waals surface area contributed by atoms with Crippen LogP contribution in [0.25, 0.3) is 61.2 Å². The minimum atomic E-state index is -0.0343. The monoisotopic (exact) mass is 815 g/mol. The summed E-state index contributed by atoms with van der Waals surface area (Å²) in [6, 6.07) is 45.5. The first kappa shape index (κ1) is 30.6. The average Bonchev–Trinajstić information content (AvgIpc) is 3.74. The number of ether oxygens (including phenoxy) is 1. The van der Waals surface area contributed by atoms with Crippen LogP contribution in [0.4, 0.5) is 0 Å². The quantitative estimate of drug-likeness (QED) is 0.166. The molecule has 8 heteroatoms. The van der Waals surface area contributed by atoms with Crippen LogP contribution < -0.4 is 4.74 Å². The Morgan fingerprint density at radius 1 is 0.714 bits per heavy atom. The summed E-state index contributed by atoms with van der Waals surface area (Å²) in [6.07, 6.45) is 1.87. The molecular formula is C41H28N6OPt. The largest absolute Gasteiger partial charge is 2.00 e. The van der Waals surface area contributed by atoms with Crippen LogP contribution >= 0.6 is 0 Å². The third-order valence-electron chi connectivity index (χ3n) is 8.92. The third-order valence-corrected chi connectivity index (χ3v) is 8.92. The van der Waals surface area contributed by atoms with Crippen LogP contribution in [0.3, 0.4) is 0 Å². The third kappa shape index (κ3) is 4.91. The van der Waals surface area contributed by atoms with Crippen molar-refractivity contribution < 1.29 is 25.8 Å². The van der Waals surface area contributed by atoms with Crippen LogP contribution in [0.1, 0.15) is 31.9 Å². The van der Waals surface area contributed by atoms with Crippen molar-refractivity contribution in [2.45, 2.75) is 26.2 Å². The number of hydrogen-bond acceptors (Lipinski definition) is 4. The molecule has 0 saturated carbocycles. The summed E-state index contributed by atoms with van der Waals surface area (Å²) < 4.78 is 12.8. The van der Waals surface area contributed by atoms with Crippen molar-refractivity contribution >= 4 is 49.7 Å². The van der Waals surface area contributed by atoms with E-state index in [9.17, 15) is 5.26 Å². The molecule has 7 nitrogen and oxygen atoms in total. The Morgan fingerprint density at radius 3 is 2.24 bits per heavy atom. The van der Waals surface area contributed by atoms with Crippen LogP contribution in [0, 0.1) is 23.5 Å². The van der Waals surface area contributed by atoms with Gasteiger partial charge in [0.1, 0.15) is 5.82 Å². The van der Waals surface area contributed by atoms with Gasteiger partial charge in [0, 0.05) is 23.2 Å². The normalized spacial score (nSPS) is 11.8. The minimum Gasteiger partial charge on any atom is -0.509 e. The van der Waals surface area contributed by atoms with E-state index >= 15 is 0 Å². The zero-order chi connectivity index (χ0) is 32.6. The zero-order valence-corrected chi connectivity index (χ0v) is 29.1. The van der Waals surface area contributed by atoms with Gasteiger partial charge in [-0.15, -0.1) is 35.7 Å². The first-order valence-electron chi connectivity index (χ1n) is 15.8. The van der Waals surface area contributed by atoms with Crippen molar-refractivity contribution in [2.24, 2.45) is 0 Å². The molecule has 238 valence electrons. The van der Waals surface area contributed by atoms with Crippen LogP contribution in [-0.4, -0.2) is 23.5 Å². The Balaban J connectivity index is 0.00000348. The molecule has 0 N–H and O–H groups in total. The predicted octanol–water partition coefficient (Wildman–Crippen LogP) is 9.48. The van der Waals surface area contributed by atoms with Gasteiger partial charge in [-0.25, -0.2) is 9.97 Å². The molecule has 0 bridgehead atoms. The van der Waals surface area contributed by atoms with Crippen LogP contribution in [0.15, 0.2) is 115 Å². The molecule has 4 aromatic heterocycles. The second-order valence-electron chi connectivity index (χ2n) is 13.0. The number of aromatic nitrogens is 5. The summed E-state index contributed by atoms with van der Waals surface area (Å²) in [5.74, 6) is 2.46. The summed E-state index contributed by atoms with van der Waals surface area (Å²) in [5.41, 5.74) is 8.01. The van der Waals surface area contributed by atoms with Crippen molar-refractivity contribution in [1.29, 1.82) is 5.26 Å². The molecule has 0 aliphatic carbocycles. The van der Waals surface area contributed by atoms with Gasteiger partial charge < -0.3 is 13.9 Å². The molecule has 0 aliphatic rings. The average molecular weight is 816 g/mol. The van der Waals surface area contributed by atoms with Gasteiger partial charge in [0.05, 0.1) is 28.1 Å². The standard InChI is InChI=1S/C41H28N6O.Pt/c1-41(2,3)27-18-19-43-39(22-27)46-34-12-6-4-10-31(34)32-17-16-29(24-38(32)46)48-30-21-26(25-42)20-28(23-30)45-36-14-8-9-15-37(36)47-35-13-7-5-11-33(35)44-40(45)47;/h4-22H,1-3H3;/q-2;+2. The molecule has 5 aromatic carbocycles. The molecule has 0 aliphatic heterocycles. The Morgan fingerprint density at radius 2 is 1.45 bits per heavy atom. The number of benzene rings is 5.